The zero-order valence-electron chi connectivity index (χ0n) is 11.9. The molecular formula is C16H18O4. The Morgan fingerprint density at radius 1 is 1.10 bits per heavy atom. The van der Waals surface area contributed by atoms with Gasteiger partial charge in [0, 0.05) is 5.57 Å². The lowest BCUT2D eigenvalue weighted by Gasteiger charge is -2.05. The molecule has 4 nitrogen and oxygen atoms in total. The Morgan fingerprint density at radius 2 is 1.70 bits per heavy atom. The van der Waals surface area contributed by atoms with Gasteiger partial charge in [-0.05, 0) is 49.4 Å². The van der Waals surface area contributed by atoms with Gasteiger partial charge in [0.15, 0.2) is 0 Å². The van der Waals surface area contributed by atoms with Crippen molar-refractivity contribution in [2.45, 2.75) is 6.92 Å². The largest absolute Gasteiger partial charge is 0.497 e. The van der Waals surface area contributed by atoms with Crippen LogP contribution in [-0.4, -0.2) is 20.2 Å². The Kier molecular flexibility index (Phi) is 6.10. The second-order valence-corrected chi connectivity index (χ2v) is 3.89. The molecule has 0 radical (unpaired) electrons. The summed E-state index contributed by atoms with van der Waals surface area (Å²) in [5, 5.41) is 0. The molecule has 1 aromatic carbocycles. The standard InChI is InChI=1S/C16H18O4/c1-5-13(18-3)7-6-12(2)16(17)20-15-10-8-14(19-4)9-11-15/h5-11H,1H2,2-4H3/b12-6+,13-7+. The number of hydrogen-bond donors (Lipinski definition) is 0. The molecule has 0 amide bonds. The second kappa shape index (κ2) is 7.84. The maximum atomic E-state index is 11.8. The van der Waals surface area contributed by atoms with Crippen LogP contribution in [0.25, 0.3) is 0 Å². The summed E-state index contributed by atoms with van der Waals surface area (Å²) in [5.41, 5.74) is 0.456. The van der Waals surface area contributed by atoms with Gasteiger partial charge < -0.3 is 14.2 Å². The minimum absolute atomic E-state index is 0.425. The van der Waals surface area contributed by atoms with E-state index in [0.29, 0.717) is 22.8 Å². The molecule has 0 bridgehead atoms. The molecule has 0 saturated carbocycles. The number of carbonyl (C=O) groups is 1. The molecule has 0 fully saturated rings. The molecule has 20 heavy (non-hydrogen) atoms. The summed E-state index contributed by atoms with van der Waals surface area (Å²) >= 11 is 0. The summed E-state index contributed by atoms with van der Waals surface area (Å²) in [5.74, 6) is 1.31. The molecule has 0 saturated heterocycles. The molecule has 0 aliphatic heterocycles. The average Bonchev–Trinajstić information content (AvgIpc) is 2.48. The Bertz CT molecular complexity index is 524. The minimum atomic E-state index is -0.425. The molecule has 0 atom stereocenters. The first-order chi connectivity index (χ1) is 9.60. The third-order valence-electron chi connectivity index (χ3n) is 2.53. The summed E-state index contributed by atoms with van der Waals surface area (Å²) in [4.78, 5) is 11.8. The lowest BCUT2D eigenvalue weighted by atomic mass is 10.2. The highest BCUT2D eigenvalue weighted by atomic mass is 16.5. The van der Waals surface area contributed by atoms with Gasteiger partial charge in [-0.1, -0.05) is 6.58 Å². The van der Waals surface area contributed by atoms with E-state index in [9.17, 15) is 4.79 Å². The van der Waals surface area contributed by atoms with E-state index in [1.807, 2.05) is 0 Å². The normalized spacial score (nSPS) is 11.8. The van der Waals surface area contributed by atoms with E-state index in [1.54, 1.807) is 56.5 Å². The average molecular weight is 274 g/mol. The first-order valence-electron chi connectivity index (χ1n) is 6.02. The number of methoxy groups -OCH3 is 2. The van der Waals surface area contributed by atoms with Crippen LogP contribution in [0.15, 0.2) is 60.4 Å². The number of rotatable bonds is 6. The second-order valence-electron chi connectivity index (χ2n) is 3.89. The third-order valence-corrected chi connectivity index (χ3v) is 2.53. The zero-order chi connectivity index (χ0) is 15.0. The molecule has 0 aliphatic rings. The van der Waals surface area contributed by atoms with E-state index in [-0.39, 0.29) is 0 Å². The summed E-state index contributed by atoms with van der Waals surface area (Å²) in [6.07, 6.45) is 4.82. The fraction of sp³-hybridized carbons (Fsp3) is 0.188. The number of allylic oxidation sites excluding steroid dienone is 3. The van der Waals surface area contributed by atoms with Crippen molar-refractivity contribution in [3.05, 3.63) is 60.4 Å². The fourth-order valence-electron chi connectivity index (χ4n) is 1.33. The van der Waals surface area contributed by atoms with Crippen molar-refractivity contribution in [3.63, 3.8) is 0 Å². The maximum absolute atomic E-state index is 11.8. The van der Waals surface area contributed by atoms with Crippen LogP contribution < -0.4 is 9.47 Å². The third kappa shape index (κ3) is 4.65. The Labute approximate surface area is 119 Å². The van der Waals surface area contributed by atoms with E-state index < -0.39 is 5.97 Å². The van der Waals surface area contributed by atoms with E-state index >= 15 is 0 Å². The molecule has 0 N–H and O–H groups in total. The van der Waals surface area contributed by atoms with Gasteiger partial charge in [-0.2, -0.15) is 0 Å². The van der Waals surface area contributed by atoms with Crippen LogP contribution in [0.2, 0.25) is 0 Å². The van der Waals surface area contributed by atoms with Crippen LogP contribution in [0.5, 0.6) is 11.5 Å². The van der Waals surface area contributed by atoms with Gasteiger partial charge in [0.1, 0.15) is 17.3 Å². The summed E-state index contributed by atoms with van der Waals surface area (Å²) in [6, 6.07) is 6.79. The molecule has 0 unspecified atom stereocenters. The van der Waals surface area contributed by atoms with Gasteiger partial charge in [-0.25, -0.2) is 4.79 Å². The number of benzene rings is 1. The molecule has 0 heterocycles. The van der Waals surface area contributed by atoms with Crippen molar-refractivity contribution >= 4 is 5.97 Å². The zero-order valence-corrected chi connectivity index (χ0v) is 11.9. The van der Waals surface area contributed by atoms with Gasteiger partial charge in [0.25, 0.3) is 0 Å². The van der Waals surface area contributed by atoms with Crippen LogP contribution in [-0.2, 0) is 9.53 Å². The molecule has 0 spiro atoms. The Morgan fingerprint density at radius 3 is 2.20 bits per heavy atom. The lowest BCUT2D eigenvalue weighted by Crippen LogP contribution is -2.08. The topological polar surface area (TPSA) is 44.8 Å². The van der Waals surface area contributed by atoms with Crippen LogP contribution >= 0.6 is 0 Å². The van der Waals surface area contributed by atoms with Crippen molar-refractivity contribution < 1.29 is 19.0 Å². The van der Waals surface area contributed by atoms with E-state index in [0.717, 1.165) is 0 Å². The summed E-state index contributed by atoms with van der Waals surface area (Å²) in [6.45, 7) is 5.25. The van der Waals surface area contributed by atoms with Crippen molar-refractivity contribution in [1.82, 2.24) is 0 Å². The lowest BCUT2D eigenvalue weighted by molar-refractivity contribution is -0.130. The van der Waals surface area contributed by atoms with Crippen LogP contribution in [0, 0.1) is 0 Å². The van der Waals surface area contributed by atoms with Crippen molar-refractivity contribution in [2.24, 2.45) is 0 Å². The molecule has 1 rings (SSSR count). The van der Waals surface area contributed by atoms with Crippen LogP contribution in [0.3, 0.4) is 0 Å². The highest BCUT2D eigenvalue weighted by Gasteiger charge is 2.06. The van der Waals surface area contributed by atoms with Crippen molar-refractivity contribution in [1.29, 1.82) is 0 Å². The SMILES string of the molecule is C=C/C(=C\C=C(/C)C(=O)Oc1ccc(OC)cc1)OC. The highest BCUT2D eigenvalue weighted by Crippen LogP contribution is 2.18. The predicted molar refractivity (Wildman–Crippen MR) is 77.7 cm³/mol. The van der Waals surface area contributed by atoms with Crippen LogP contribution in [0.4, 0.5) is 0 Å². The Hall–Kier alpha value is -2.49. The smallest absolute Gasteiger partial charge is 0.339 e. The summed E-state index contributed by atoms with van der Waals surface area (Å²) < 4.78 is 15.3. The maximum Gasteiger partial charge on any atom is 0.339 e. The number of hydrogen-bond acceptors (Lipinski definition) is 4. The van der Waals surface area contributed by atoms with Gasteiger partial charge >= 0.3 is 5.97 Å². The quantitative estimate of drug-likeness (QED) is 0.262. The fourth-order valence-corrected chi connectivity index (χ4v) is 1.33. The van der Waals surface area contributed by atoms with Gasteiger partial charge in [-0.3, -0.25) is 0 Å². The number of carbonyl (C=O) groups excluding carboxylic acids is 1. The highest BCUT2D eigenvalue weighted by molar-refractivity contribution is 5.89. The molecule has 0 aliphatic carbocycles. The summed E-state index contributed by atoms with van der Waals surface area (Å²) in [7, 11) is 3.11. The van der Waals surface area contributed by atoms with E-state index in [4.69, 9.17) is 14.2 Å². The number of esters is 1. The Balaban J connectivity index is 2.71. The van der Waals surface area contributed by atoms with Gasteiger partial charge in [0.05, 0.1) is 14.2 Å². The molecule has 4 heteroatoms. The van der Waals surface area contributed by atoms with Gasteiger partial charge in [0.2, 0.25) is 0 Å². The predicted octanol–water partition coefficient (Wildman–Crippen LogP) is 3.26. The van der Waals surface area contributed by atoms with E-state index in [2.05, 4.69) is 6.58 Å². The van der Waals surface area contributed by atoms with Crippen LogP contribution in [0.1, 0.15) is 6.92 Å². The molecule has 106 valence electrons. The molecule has 0 aromatic heterocycles. The minimum Gasteiger partial charge on any atom is -0.497 e. The van der Waals surface area contributed by atoms with E-state index in [1.165, 1.54) is 7.11 Å². The molecule has 1 aromatic rings. The van der Waals surface area contributed by atoms with Crippen molar-refractivity contribution in [3.8, 4) is 11.5 Å². The first-order valence-corrected chi connectivity index (χ1v) is 6.02. The van der Waals surface area contributed by atoms with Crippen molar-refractivity contribution in [2.75, 3.05) is 14.2 Å². The first kappa shape index (κ1) is 15.6. The van der Waals surface area contributed by atoms with Gasteiger partial charge in [-0.15, -0.1) is 0 Å². The monoisotopic (exact) mass is 274 g/mol. The number of ether oxygens (including phenoxy) is 3. The molecular weight excluding hydrogens is 256 g/mol.